The zero-order valence-electron chi connectivity index (χ0n) is 11.1. The van der Waals surface area contributed by atoms with Crippen molar-refractivity contribution in [2.24, 2.45) is 0 Å². The lowest BCUT2D eigenvalue weighted by molar-refractivity contribution is -0.138. The van der Waals surface area contributed by atoms with Crippen LogP contribution >= 0.6 is 0 Å². The molecule has 0 aromatic heterocycles. The summed E-state index contributed by atoms with van der Waals surface area (Å²) >= 11 is 0. The van der Waals surface area contributed by atoms with Gasteiger partial charge >= 0.3 is 5.97 Å². The molecule has 1 heterocycles. The van der Waals surface area contributed by atoms with E-state index in [2.05, 4.69) is 23.8 Å². The molecule has 0 bridgehead atoms. The van der Waals surface area contributed by atoms with Crippen molar-refractivity contribution in [3.05, 3.63) is 0 Å². The second kappa shape index (κ2) is 7.63. The van der Waals surface area contributed by atoms with Crippen molar-refractivity contribution in [2.45, 2.75) is 13.3 Å². The maximum absolute atomic E-state index is 10.7. The van der Waals surface area contributed by atoms with Gasteiger partial charge in [0, 0.05) is 39.3 Å². The first-order valence-electron chi connectivity index (χ1n) is 6.47. The number of carboxylic acids is 1. The third-order valence-electron chi connectivity index (χ3n) is 3.23. The van der Waals surface area contributed by atoms with Crippen molar-refractivity contribution in [3.63, 3.8) is 0 Å². The summed E-state index contributed by atoms with van der Waals surface area (Å²) in [4.78, 5) is 17.5. The second-order valence-electron chi connectivity index (χ2n) is 4.81. The molecule has 1 aliphatic rings. The Labute approximate surface area is 104 Å². The Morgan fingerprint density at radius 1 is 1.24 bits per heavy atom. The summed E-state index contributed by atoms with van der Waals surface area (Å²) in [5.74, 6) is -0.725. The fourth-order valence-corrected chi connectivity index (χ4v) is 2.13. The molecule has 100 valence electrons. The molecular weight excluding hydrogens is 218 g/mol. The van der Waals surface area contributed by atoms with Gasteiger partial charge in [-0.2, -0.15) is 0 Å². The predicted molar refractivity (Wildman–Crippen MR) is 68.3 cm³/mol. The number of piperazine rings is 1. The molecule has 0 atom stereocenters. The van der Waals surface area contributed by atoms with E-state index in [1.165, 1.54) is 0 Å². The normalized spacial score (nSPS) is 18.8. The minimum Gasteiger partial charge on any atom is -0.480 e. The highest BCUT2D eigenvalue weighted by molar-refractivity contribution is 5.69. The van der Waals surface area contributed by atoms with Gasteiger partial charge in [0.2, 0.25) is 0 Å². The lowest BCUT2D eigenvalue weighted by Gasteiger charge is -2.33. The fourth-order valence-electron chi connectivity index (χ4n) is 2.13. The van der Waals surface area contributed by atoms with Gasteiger partial charge in [-0.3, -0.25) is 14.6 Å². The van der Waals surface area contributed by atoms with Crippen molar-refractivity contribution < 1.29 is 9.90 Å². The molecule has 0 aromatic carbocycles. The van der Waals surface area contributed by atoms with Gasteiger partial charge in [-0.15, -0.1) is 0 Å². The molecule has 0 aromatic rings. The van der Waals surface area contributed by atoms with E-state index < -0.39 is 5.97 Å². The summed E-state index contributed by atoms with van der Waals surface area (Å²) in [5, 5.41) is 8.82. The third-order valence-corrected chi connectivity index (χ3v) is 3.23. The van der Waals surface area contributed by atoms with Gasteiger partial charge in [0.15, 0.2) is 0 Å². The summed E-state index contributed by atoms with van der Waals surface area (Å²) in [6.45, 7) is 9.42. The number of carbonyl (C=O) groups is 1. The molecule has 1 aliphatic heterocycles. The Hall–Kier alpha value is -0.650. The number of carboxylic acid groups (broad SMARTS) is 1. The molecule has 1 N–H and O–H groups in total. The lowest BCUT2D eigenvalue weighted by atomic mass is 10.3. The van der Waals surface area contributed by atoms with Crippen LogP contribution < -0.4 is 0 Å². The second-order valence-corrected chi connectivity index (χ2v) is 4.81. The van der Waals surface area contributed by atoms with Crippen molar-refractivity contribution in [2.75, 3.05) is 59.4 Å². The third kappa shape index (κ3) is 6.00. The van der Waals surface area contributed by atoms with E-state index in [1.54, 1.807) is 0 Å². The number of hydrogen-bond acceptors (Lipinski definition) is 4. The zero-order valence-corrected chi connectivity index (χ0v) is 11.1. The number of rotatable bonds is 7. The van der Waals surface area contributed by atoms with Gasteiger partial charge in [-0.05, 0) is 20.0 Å². The molecule has 5 heteroatoms. The largest absolute Gasteiger partial charge is 0.480 e. The first-order chi connectivity index (χ1) is 8.11. The number of aliphatic carboxylic acids is 1. The van der Waals surface area contributed by atoms with Crippen molar-refractivity contribution >= 4 is 5.97 Å². The maximum atomic E-state index is 10.7. The summed E-state index contributed by atoms with van der Waals surface area (Å²) in [5.41, 5.74) is 0. The maximum Gasteiger partial charge on any atom is 0.317 e. The predicted octanol–water partition coefficient (Wildman–Crippen LogP) is 0.0304. The Balaban J connectivity index is 2.23. The van der Waals surface area contributed by atoms with Crippen molar-refractivity contribution in [1.82, 2.24) is 14.7 Å². The van der Waals surface area contributed by atoms with Gasteiger partial charge in [-0.1, -0.05) is 6.92 Å². The highest BCUT2D eigenvalue weighted by Crippen LogP contribution is 2.00. The minimum atomic E-state index is -0.725. The van der Waals surface area contributed by atoms with Crippen LogP contribution in [0.15, 0.2) is 0 Å². The van der Waals surface area contributed by atoms with E-state index in [-0.39, 0.29) is 6.54 Å². The fraction of sp³-hybridized carbons (Fsp3) is 0.917. The summed E-state index contributed by atoms with van der Waals surface area (Å²) < 4.78 is 0. The van der Waals surface area contributed by atoms with E-state index in [9.17, 15) is 4.79 Å². The van der Waals surface area contributed by atoms with Gasteiger partial charge in [0.25, 0.3) is 0 Å². The number of likely N-dealkylation sites (N-methyl/N-ethyl adjacent to an activating group) is 1. The quantitative estimate of drug-likeness (QED) is 0.683. The molecule has 1 rings (SSSR count). The average molecular weight is 243 g/mol. The van der Waals surface area contributed by atoms with Crippen LogP contribution in [-0.2, 0) is 4.79 Å². The van der Waals surface area contributed by atoms with Crippen LogP contribution in [0.5, 0.6) is 0 Å². The summed E-state index contributed by atoms with van der Waals surface area (Å²) in [6, 6.07) is 0. The van der Waals surface area contributed by atoms with Gasteiger partial charge in [0.05, 0.1) is 6.54 Å². The highest BCUT2D eigenvalue weighted by atomic mass is 16.4. The minimum absolute atomic E-state index is 0.168. The Kier molecular flexibility index (Phi) is 6.47. The molecule has 0 spiro atoms. The molecule has 0 aliphatic carbocycles. The van der Waals surface area contributed by atoms with E-state index in [1.807, 2.05) is 4.90 Å². The highest BCUT2D eigenvalue weighted by Gasteiger charge is 2.15. The Morgan fingerprint density at radius 3 is 2.41 bits per heavy atom. The molecular formula is C12H25N3O2. The SMILES string of the molecule is CCCN(CCN1CCN(C)CC1)CC(=O)O. The molecule has 1 fully saturated rings. The molecule has 0 radical (unpaired) electrons. The molecule has 0 amide bonds. The summed E-state index contributed by atoms with van der Waals surface area (Å²) in [7, 11) is 2.14. The monoisotopic (exact) mass is 243 g/mol. The van der Waals surface area contributed by atoms with Crippen LogP contribution in [0.1, 0.15) is 13.3 Å². The first-order valence-corrected chi connectivity index (χ1v) is 6.47. The van der Waals surface area contributed by atoms with E-state index in [0.29, 0.717) is 0 Å². The molecule has 17 heavy (non-hydrogen) atoms. The first kappa shape index (κ1) is 14.4. The van der Waals surface area contributed by atoms with Crippen LogP contribution in [0, 0.1) is 0 Å². The standard InChI is InChI=1S/C12H25N3O2/c1-3-4-15(11-12(16)17)10-9-14-7-5-13(2)6-8-14/h3-11H2,1-2H3,(H,16,17). The zero-order chi connectivity index (χ0) is 12.7. The van der Waals surface area contributed by atoms with E-state index in [4.69, 9.17) is 5.11 Å². The van der Waals surface area contributed by atoms with E-state index in [0.717, 1.165) is 52.2 Å². The number of hydrogen-bond donors (Lipinski definition) is 1. The van der Waals surface area contributed by atoms with Crippen molar-refractivity contribution in [1.29, 1.82) is 0 Å². The number of nitrogens with zero attached hydrogens (tertiary/aromatic N) is 3. The van der Waals surface area contributed by atoms with Crippen LogP contribution in [0.3, 0.4) is 0 Å². The van der Waals surface area contributed by atoms with Gasteiger partial charge in [-0.25, -0.2) is 0 Å². The Morgan fingerprint density at radius 2 is 1.88 bits per heavy atom. The molecule has 0 saturated carbocycles. The van der Waals surface area contributed by atoms with Crippen LogP contribution in [0.4, 0.5) is 0 Å². The molecule has 0 unspecified atom stereocenters. The average Bonchev–Trinajstić information content (AvgIpc) is 2.27. The van der Waals surface area contributed by atoms with Crippen LogP contribution in [-0.4, -0.2) is 85.2 Å². The van der Waals surface area contributed by atoms with Gasteiger partial charge in [0.1, 0.15) is 0 Å². The smallest absolute Gasteiger partial charge is 0.317 e. The molecule has 1 saturated heterocycles. The van der Waals surface area contributed by atoms with Crippen LogP contribution in [0.25, 0.3) is 0 Å². The van der Waals surface area contributed by atoms with Crippen molar-refractivity contribution in [3.8, 4) is 0 Å². The topological polar surface area (TPSA) is 47.0 Å². The lowest BCUT2D eigenvalue weighted by Crippen LogP contribution is -2.47. The Bertz CT molecular complexity index is 228. The molecule has 5 nitrogen and oxygen atoms in total. The van der Waals surface area contributed by atoms with E-state index >= 15 is 0 Å². The van der Waals surface area contributed by atoms with Crippen LogP contribution in [0.2, 0.25) is 0 Å². The van der Waals surface area contributed by atoms with Gasteiger partial charge < -0.3 is 10.0 Å². The summed E-state index contributed by atoms with van der Waals surface area (Å²) in [6.07, 6.45) is 1.01.